The van der Waals surface area contributed by atoms with E-state index in [2.05, 4.69) is 41.1 Å². The zero-order chi connectivity index (χ0) is 27.9. The van der Waals surface area contributed by atoms with Gasteiger partial charge in [0.15, 0.2) is 5.82 Å². The zero-order valence-corrected chi connectivity index (χ0v) is 23.4. The van der Waals surface area contributed by atoms with Crippen molar-refractivity contribution in [3.63, 3.8) is 0 Å². The van der Waals surface area contributed by atoms with Crippen molar-refractivity contribution in [2.45, 2.75) is 84.8 Å². The van der Waals surface area contributed by atoms with Crippen LogP contribution >= 0.6 is 0 Å². The van der Waals surface area contributed by atoms with Crippen LogP contribution in [0.15, 0.2) is 28.8 Å². The Hall–Kier alpha value is -3.30. The van der Waals surface area contributed by atoms with E-state index in [9.17, 15) is 14.7 Å². The molecule has 0 bridgehead atoms. The van der Waals surface area contributed by atoms with Crippen LogP contribution in [0, 0.1) is 11.8 Å². The van der Waals surface area contributed by atoms with Gasteiger partial charge in [0.25, 0.3) is 0 Å². The molecule has 2 N–H and O–H groups in total. The number of carboxylic acids is 1. The van der Waals surface area contributed by atoms with E-state index in [4.69, 9.17) is 14.0 Å². The molecule has 1 saturated heterocycles. The SMILES string of the molecule is CC(C)c1noc(N2CCC(C(C)CCOc3ccc(CC(NC(=O)OC(C)(C)C)C(=O)O)cc3)CC2)n1. The van der Waals surface area contributed by atoms with Crippen molar-refractivity contribution in [3.05, 3.63) is 35.7 Å². The molecule has 38 heavy (non-hydrogen) atoms. The number of hydrogen-bond acceptors (Lipinski definition) is 8. The van der Waals surface area contributed by atoms with Crippen molar-refractivity contribution in [2.75, 3.05) is 24.6 Å². The van der Waals surface area contributed by atoms with Gasteiger partial charge in [-0.2, -0.15) is 4.98 Å². The third kappa shape index (κ3) is 8.92. The van der Waals surface area contributed by atoms with Crippen LogP contribution in [0.3, 0.4) is 0 Å². The van der Waals surface area contributed by atoms with Gasteiger partial charge in [-0.3, -0.25) is 0 Å². The summed E-state index contributed by atoms with van der Waals surface area (Å²) < 4.78 is 16.6. The minimum Gasteiger partial charge on any atom is -0.494 e. The summed E-state index contributed by atoms with van der Waals surface area (Å²) in [6, 6.07) is 6.86. The molecule has 1 aliphatic rings. The average molecular weight is 531 g/mol. The van der Waals surface area contributed by atoms with E-state index in [-0.39, 0.29) is 12.3 Å². The van der Waals surface area contributed by atoms with Crippen LogP contribution in [0.25, 0.3) is 0 Å². The number of anilines is 1. The van der Waals surface area contributed by atoms with Crippen LogP contribution < -0.4 is 15.0 Å². The lowest BCUT2D eigenvalue weighted by Crippen LogP contribution is -2.44. The Kier molecular flexibility index (Phi) is 9.99. The topological polar surface area (TPSA) is 127 Å². The fourth-order valence-corrected chi connectivity index (χ4v) is 4.45. The maximum absolute atomic E-state index is 12.0. The standard InChI is InChI=1S/C28H42N4O6/c1-18(2)24-30-26(38-31-24)32-14-11-21(12-15-32)19(3)13-16-36-22-9-7-20(8-10-22)17-23(25(33)34)29-27(35)37-28(4,5)6/h7-10,18-19,21,23H,11-17H2,1-6H3,(H,29,35)(H,33,34). The first kappa shape index (κ1) is 29.3. The zero-order valence-electron chi connectivity index (χ0n) is 23.4. The minimum absolute atomic E-state index is 0.146. The number of ether oxygens (including phenoxy) is 2. The number of nitrogens with one attached hydrogen (secondary N) is 1. The number of alkyl carbamates (subject to hydrolysis) is 1. The van der Waals surface area contributed by atoms with E-state index in [0.717, 1.165) is 49.5 Å². The van der Waals surface area contributed by atoms with E-state index < -0.39 is 23.7 Å². The average Bonchev–Trinajstić information content (AvgIpc) is 3.34. The maximum Gasteiger partial charge on any atom is 0.408 e. The Morgan fingerprint density at radius 1 is 1.16 bits per heavy atom. The van der Waals surface area contributed by atoms with Crippen molar-refractivity contribution in [1.82, 2.24) is 15.5 Å². The molecule has 0 spiro atoms. The van der Waals surface area contributed by atoms with Gasteiger partial charge in [0.1, 0.15) is 17.4 Å². The summed E-state index contributed by atoms with van der Waals surface area (Å²) in [4.78, 5) is 30.3. The highest BCUT2D eigenvalue weighted by Gasteiger charge is 2.27. The van der Waals surface area contributed by atoms with E-state index in [0.29, 0.717) is 24.5 Å². The van der Waals surface area contributed by atoms with Crippen LogP contribution in [-0.2, 0) is 16.0 Å². The highest BCUT2D eigenvalue weighted by atomic mass is 16.6. The van der Waals surface area contributed by atoms with Crippen molar-refractivity contribution in [1.29, 1.82) is 0 Å². The van der Waals surface area contributed by atoms with Crippen LogP contribution in [0.5, 0.6) is 5.75 Å². The third-order valence-electron chi connectivity index (χ3n) is 6.76. The highest BCUT2D eigenvalue weighted by molar-refractivity contribution is 5.80. The Morgan fingerprint density at radius 3 is 2.37 bits per heavy atom. The van der Waals surface area contributed by atoms with Crippen molar-refractivity contribution in [3.8, 4) is 5.75 Å². The largest absolute Gasteiger partial charge is 0.494 e. The fraction of sp³-hybridized carbons (Fsp3) is 0.643. The van der Waals surface area contributed by atoms with Crippen molar-refractivity contribution < 1.29 is 28.7 Å². The summed E-state index contributed by atoms with van der Waals surface area (Å²) in [6.45, 7) is 14.0. The van der Waals surface area contributed by atoms with Gasteiger partial charge in [0.2, 0.25) is 0 Å². The lowest BCUT2D eigenvalue weighted by molar-refractivity contribution is -0.139. The number of carbonyl (C=O) groups excluding carboxylic acids is 1. The lowest BCUT2D eigenvalue weighted by Gasteiger charge is -2.33. The summed E-state index contributed by atoms with van der Waals surface area (Å²) in [5.41, 5.74) is 0.0797. The molecule has 210 valence electrons. The van der Waals surface area contributed by atoms with E-state index in [1.54, 1.807) is 20.8 Å². The first-order chi connectivity index (χ1) is 17.9. The van der Waals surface area contributed by atoms with Crippen molar-refractivity contribution >= 4 is 18.1 Å². The highest BCUT2D eigenvalue weighted by Crippen LogP contribution is 2.29. The Labute approximate surface area is 225 Å². The molecule has 0 aliphatic carbocycles. The normalized spacial score (nSPS) is 16.2. The van der Waals surface area contributed by atoms with Gasteiger partial charge in [-0.25, -0.2) is 9.59 Å². The summed E-state index contributed by atoms with van der Waals surface area (Å²) >= 11 is 0. The predicted octanol–water partition coefficient (Wildman–Crippen LogP) is 5.04. The molecule has 2 heterocycles. The Bertz CT molecular complexity index is 1040. The van der Waals surface area contributed by atoms with Crippen LogP contribution in [0.1, 0.15) is 78.1 Å². The quantitative estimate of drug-likeness (QED) is 0.411. The number of hydrogen-bond donors (Lipinski definition) is 2. The fourth-order valence-electron chi connectivity index (χ4n) is 4.45. The first-order valence-electron chi connectivity index (χ1n) is 13.4. The number of benzene rings is 1. The molecule has 1 aromatic carbocycles. The number of nitrogens with zero attached hydrogens (tertiary/aromatic N) is 3. The number of aliphatic carboxylic acids is 1. The second kappa shape index (κ2) is 13.0. The maximum atomic E-state index is 12.0. The number of carboxylic acid groups (broad SMARTS) is 1. The number of rotatable bonds is 11. The van der Waals surface area contributed by atoms with E-state index in [1.165, 1.54) is 0 Å². The number of amides is 1. The molecule has 1 aromatic heterocycles. The molecular formula is C28H42N4O6. The van der Waals surface area contributed by atoms with E-state index >= 15 is 0 Å². The summed E-state index contributed by atoms with van der Waals surface area (Å²) in [6.07, 6.45) is 2.51. The summed E-state index contributed by atoms with van der Waals surface area (Å²) in [5, 5.41) is 16.0. The second-order valence-electron chi connectivity index (χ2n) is 11.4. The number of piperidine rings is 1. The van der Waals surface area contributed by atoms with Crippen LogP contribution in [-0.4, -0.2) is 58.6 Å². The molecule has 2 unspecified atom stereocenters. The molecule has 10 heteroatoms. The van der Waals surface area contributed by atoms with Gasteiger partial charge in [-0.05, 0) is 69.6 Å². The van der Waals surface area contributed by atoms with Gasteiger partial charge < -0.3 is 29.3 Å². The van der Waals surface area contributed by atoms with Gasteiger partial charge in [0, 0.05) is 25.4 Å². The second-order valence-corrected chi connectivity index (χ2v) is 11.4. The molecular weight excluding hydrogens is 488 g/mol. The lowest BCUT2D eigenvalue weighted by atomic mass is 9.84. The molecule has 1 aliphatic heterocycles. The number of aromatic nitrogens is 2. The van der Waals surface area contributed by atoms with Gasteiger partial charge in [-0.15, -0.1) is 0 Å². The van der Waals surface area contributed by atoms with Gasteiger partial charge in [0.05, 0.1) is 6.61 Å². The summed E-state index contributed by atoms with van der Waals surface area (Å²) in [7, 11) is 0. The minimum atomic E-state index is -1.12. The first-order valence-corrected chi connectivity index (χ1v) is 13.4. The van der Waals surface area contributed by atoms with Crippen LogP contribution in [0.4, 0.5) is 10.8 Å². The monoisotopic (exact) mass is 530 g/mol. The van der Waals surface area contributed by atoms with E-state index in [1.807, 2.05) is 24.3 Å². The molecule has 1 amide bonds. The van der Waals surface area contributed by atoms with Crippen molar-refractivity contribution in [2.24, 2.45) is 11.8 Å². The third-order valence-corrected chi connectivity index (χ3v) is 6.76. The molecule has 0 radical (unpaired) electrons. The van der Waals surface area contributed by atoms with Crippen LogP contribution in [0.2, 0.25) is 0 Å². The number of carbonyl (C=O) groups is 2. The predicted molar refractivity (Wildman–Crippen MR) is 144 cm³/mol. The summed E-state index contributed by atoms with van der Waals surface area (Å²) in [5.74, 6) is 1.77. The molecule has 10 nitrogen and oxygen atoms in total. The van der Waals surface area contributed by atoms with Gasteiger partial charge in [-0.1, -0.05) is 38.1 Å². The molecule has 0 saturated carbocycles. The molecule has 2 aromatic rings. The molecule has 1 fully saturated rings. The Balaban J connectivity index is 1.40. The Morgan fingerprint density at radius 2 is 1.82 bits per heavy atom. The van der Waals surface area contributed by atoms with Gasteiger partial charge >= 0.3 is 18.1 Å². The molecule has 2 atom stereocenters. The smallest absolute Gasteiger partial charge is 0.408 e. The molecule has 3 rings (SSSR count).